The average molecular weight is 211 g/mol. The molecule has 0 bridgehead atoms. The van der Waals surface area contributed by atoms with Gasteiger partial charge in [0.05, 0.1) is 20.8 Å². The molecule has 0 saturated heterocycles. The maximum absolute atomic E-state index is 8.62. The summed E-state index contributed by atoms with van der Waals surface area (Å²) in [5, 5.41) is 11.7. The summed E-state index contributed by atoms with van der Waals surface area (Å²) in [5.74, 6) is 1.45. The molecule has 0 unspecified atom stereocenters. The van der Waals surface area contributed by atoms with Crippen molar-refractivity contribution in [3.63, 3.8) is 0 Å². The van der Waals surface area contributed by atoms with Crippen LogP contribution >= 0.6 is 0 Å². The topological polar surface area (TPSA) is 50.7 Å². The molecule has 0 heterocycles. The van der Waals surface area contributed by atoms with Gasteiger partial charge >= 0.3 is 0 Å². The summed E-state index contributed by atoms with van der Waals surface area (Å²) in [6, 6.07) is 5.75. The third-order valence-corrected chi connectivity index (χ3v) is 2.07. The van der Waals surface area contributed by atoms with Crippen molar-refractivity contribution in [1.29, 1.82) is 0 Å². The highest BCUT2D eigenvalue weighted by Crippen LogP contribution is 2.27. The first-order valence-corrected chi connectivity index (χ1v) is 4.84. The molecule has 2 N–H and O–H groups in total. The van der Waals surface area contributed by atoms with E-state index < -0.39 is 0 Å². The molecule has 15 heavy (non-hydrogen) atoms. The number of rotatable bonds is 6. The Morgan fingerprint density at radius 3 is 2.53 bits per heavy atom. The van der Waals surface area contributed by atoms with Crippen LogP contribution in [0.25, 0.3) is 0 Å². The van der Waals surface area contributed by atoms with Crippen molar-refractivity contribution in [2.45, 2.75) is 6.54 Å². The summed E-state index contributed by atoms with van der Waals surface area (Å²) in [4.78, 5) is 0. The van der Waals surface area contributed by atoms with E-state index in [1.807, 2.05) is 18.2 Å². The van der Waals surface area contributed by atoms with Crippen molar-refractivity contribution in [3.05, 3.63) is 23.8 Å². The molecule has 0 radical (unpaired) electrons. The van der Waals surface area contributed by atoms with E-state index in [2.05, 4.69) is 5.32 Å². The van der Waals surface area contributed by atoms with Crippen molar-refractivity contribution < 1.29 is 14.6 Å². The van der Waals surface area contributed by atoms with E-state index in [0.717, 1.165) is 17.1 Å². The molecule has 0 atom stereocenters. The molecule has 0 fully saturated rings. The number of hydrogen-bond acceptors (Lipinski definition) is 4. The lowest BCUT2D eigenvalue weighted by Crippen LogP contribution is -2.17. The number of aliphatic hydroxyl groups is 1. The lowest BCUT2D eigenvalue weighted by Gasteiger charge is -2.09. The quantitative estimate of drug-likeness (QED) is 0.683. The number of methoxy groups -OCH3 is 2. The molecule has 0 aromatic heterocycles. The number of ether oxygens (including phenoxy) is 2. The minimum Gasteiger partial charge on any atom is -0.493 e. The highest BCUT2D eigenvalue weighted by atomic mass is 16.5. The molecule has 0 aliphatic rings. The predicted octanol–water partition coefficient (Wildman–Crippen LogP) is 0.786. The molecule has 1 rings (SSSR count). The molecular weight excluding hydrogens is 194 g/mol. The van der Waals surface area contributed by atoms with Crippen molar-refractivity contribution in [2.24, 2.45) is 0 Å². The molecule has 4 nitrogen and oxygen atoms in total. The largest absolute Gasteiger partial charge is 0.493 e. The van der Waals surface area contributed by atoms with E-state index in [9.17, 15) is 0 Å². The van der Waals surface area contributed by atoms with Crippen LogP contribution in [0.1, 0.15) is 5.56 Å². The Morgan fingerprint density at radius 2 is 1.93 bits per heavy atom. The molecule has 0 saturated carbocycles. The maximum atomic E-state index is 8.62. The Kier molecular flexibility index (Phi) is 4.93. The molecular formula is C11H17NO3. The normalized spacial score (nSPS) is 10.1. The van der Waals surface area contributed by atoms with Crippen LogP contribution in [-0.4, -0.2) is 32.5 Å². The molecule has 0 aliphatic heterocycles. The number of hydrogen-bond donors (Lipinski definition) is 2. The molecule has 0 amide bonds. The van der Waals surface area contributed by atoms with Crippen LogP contribution < -0.4 is 14.8 Å². The molecule has 1 aromatic carbocycles. The minimum atomic E-state index is 0.146. The number of nitrogens with one attached hydrogen (secondary N) is 1. The second-order valence-corrected chi connectivity index (χ2v) is 3.09. The summed E-state index contributed by atoms with van der Waals surface area (Å²) < 4.78 is 10.3. The predicted molar refractivity (Wildman–Crippen MR) is 58.3 cm³/mol. The van der Waals surface area contributed by atoms with Crippen molar-refractivity contribution in [2.75, 3.05) is 27.4 Å². The second-order valence-electron chi connectivity index (χ2n) is 3.09. The molecule has 0 aliphatic carbocycles. The van der Waals surface area contributed by atoms with Gasteiger partial charge in [-0.1, -0.05) is 6.07 Å². The molecule has 0 spiro atoms. The highest BCUT2D eigenvalue weighted by Gasteiger charge is 2.03. The van der Waals surface area contributed by atoms with Gasteiger partial charge in [0.15, 0.2) is 11.5 Å². The van der Waals surface area contributed by atoms with E-state index in [1.165, 1.54) is 0 Å². The second kappa shape index (κ2) is 6.27. The van der Waals surface area contributed by atoms with E-state index >= 15 is 0 Å². The third kappa shape index (κ3) is 3.42. The Bertz CT molecular complexity index is 302. The van der Waals surface area contributed by atoms with Gasteiger partial charge in [0.2, 0.25) is 0 Å². The smallest absolute Gasteiger partial charge is 0.161 e. The van der Waals surface area contributed by atoms with Crippen LogP contribution in [0.4, 0.5) is 0 Å². The Balaban J connectivity index is 2.66. The molecule has 84 valence electrons. The van der Waals surface area contributed by atoms with Crippen LogP contribution in [-0.2, 0) is 6.54 Å². The fourth-order valence-corrected chi connectivity index (χ4v) is 1.30. The Hall–Kier alpha value is -1.26. The van der Waals surface area contributed by atoms with Gasteiger partial charge in [-0.25, -0.2) is 0 Å². The van der Waals surface area contributed by atoms with E-state index in [-0.39, 0.29) is 6.61 Å². The van der Waals surface area contributed by atoms with E-state index in [4.69, 9.17) is 14.6 Å². The van der Waals surface area contributed by atoms with Gasteiger partial charge in [0.25, 0.3) is 0 Å². The summed E-state index contributed by atoms with van der Waals surface area (Å²) in [6.45, 7) is 1.45. The first-order chi connectivity index (χ1) is 7.31. The van der Waals surface area contributed by atoms with Crippen molar-refractivity contribution in [1.82, 2.24) is 5.32 Å². The molecule has 1 aromatic rings. The Labute approximate surface area is 89.8 Å². The summed E-state index contributed by atoms with van der Waals surface area (Å²) in [6.07, 6.45) is 0. The monoisotopic (exact) mass is 211 g/mol. The zero-order chi connectivity index (χ0) is 11.1. The SMILES string of the molecule is COc1ccc(CNCCO)cc1OC. The van der Waals surface area contributed by atoms with Gasteiger partial charge < -0.3 is 19.9 Å². The van der Waals surface area contributed by atoms with Crippen molar-refractivity contribution >= 4 is 0 Å². The summed E-state index contributed by atoms with van der Waals surface area (Å²) >= 11 is 0. The fraction of sp³-hybridized carbons (Fsp3) is 0.455. The third-order valence-electron chi connectivity index (χ3n) is 2.07. The van der Waals surface area contributed by atoms with Crippen LogP contribution in [0.5, 0.6) is 11.5 Å². The fourth-order valence-electron chi connectivity index (χ4n) is 1.30. The van der Waals surface area contributed by atoms with Crippen molar-refractivity contribution in [3.8, 4) is 11.5 Å². The zero-order valence-corrected chi connectivity index (χ0v) is 9.12. The van der Waals surface area contributed by atoms with Crippen LogP contribution in [0.15, 0.2) is 18.2 Å². The first-order valence-electron chi connectivity index (χ1n) is 4.84. The standard InChI is InChI=1S/C11H17NO3/c1-14-10-4-3-9(7-11(10)15-2)8-12-5-6-13/h3-4,7,12-13H,5-6,8H2,1-2H3. The van der Waals surface area contributed by atoms with Gasteiger partial charge in [-0.15, -0.1) is 0 Å². The van der Waals surface area contributed by atoms with Gasteiger partial charge in [-0.2, -0.15) is 0 Å². The average Bonchev–Trinajstić information content (AvgIpc) is 2.29. The summed E-state index contributed by atoms with van der Waals surface area (Å²) in [7, 11) is 3.23. The van der Waals surface area contributed by atoms with Gasteiger partial charge in [-0.05, 0) is 17.7 Å². The van der Waals surface area contributed by atoms with E-state index in [1.54, 1.807) is 14.2 Å². The first kappa shape index (κ1) is 11.8. The zero-order valence-electron chi connectivity index (χ0n) is 9.12. The maximum Gasteiger partial charge on any atom is 0.161 e. The number of benzene rings is 1. The Morgan fingerprint density at radius 1 is 1.20 bits per heavy atom. The van der Waals surface area contributed by atoms with Gasteiger partial charge in [0, 0.05) is 13.1 Å². The lowest BCUT2D eigenvalue weighted by molar-refractivity contribution is 0.292. The van der Waals surface area contributed by atoms with Gasteiger partial charge in [-0.3, -0.25) is 0 Å². The van der Waals surface area contributed by atoms with Gasteiger partial charge in [0.1, 0.15) is 0 Å². The van der Waals surface area contributed by atoms with E-state index in [0.29, 0.717) is 13.1 Å². The minimum absolute atomic E-state index is 0.146. The van der Waals surface area contributed by atoms with Crippen LogP contribution in [0.2, 0.25) is 0 Å². The molecule has 4 heteroatoms. The summed E-state index contributed by atoms with van der Waals surface area (Å²) in [5.41, 5.74) is 1.10. The highest BCUT2D eigenvalue weighted by molar-refractivity contribution is 5.42. The lowest BCUT2D eigenvalue weighted by atomic mass is 10.2. The van der Waals surface area contributed by atoms with Crippen LogP contribution in [0, 0.1) is 0 Å². The van der Waals surface area contributed by atoms with Crippen LogP contribution in [0.3, 0.4) is 0 Å². The number of aliphatic hydroxyl groups excluding tert-OH is 1.